The Morgan fingerprint density at radius 3 is 2.60 bits per heavy atom. The molecular formula is C8H15NO. The van der Waals surface area contributed by atoms with Gasteiger partial charge in [0.25, 0.3) is 0 Å². The molecule has 1 saturated carbocycles. The van der Waals surface area contributed by atoms with Crippen molar-refractivity contribution in [1.82, 2.24) is 5.32 Å². The molecule has 1 fully saturated rings. The van der Waals surface area contributed by atoms with Gasteiger partial charge in [0.05, 0.1) is 6.61 Å². The lowest BCUT2D eigenvalue weighted by Gasteiger charge is -2.13. The van der Waals surface area contributed by atoms with Crippen LogP contribution in [0.2, 0.25) is 0 Å². The second-order valence-corrected chi connectivity index (χ2v) is 3.25. The second-order valence-electron chi connectivity index (χ2n) is 3.25. The van der Waals surface area contributed by atoms with Crippen molar-refractivity contribution in [3.05, 3.63) is 12.2 Å². The van der Waals surface area contributed by atoms with Crippen molar-refractivity contribution in [3.63, 3.8) is 0 Å². The minimum Gasteiger partial charge on any atom is -0.394 e. The van der Waals surface area contributed by atoms with Crippen molar-refractivity contribution < 1.29 is 5.11 Å². The Morgan fingerprint density at radius 1 is 1.70 bits per heavy atom. The summed E-state index contributed by atoms with van der Waals surface area (Å²) in [4.78, 5) is 0. The highest BCUT2D eigenvalue weighted by atomic mass is 16.3. The molecule has 0 saturated heterocycles. The lowest BCUT2D eigenvalue weighted by Crippen LogP contribution is -2.35. The molecule has 0 atom stereocenters. The lowest BCUT2D eigenvalue weighted by molar-refractivity contribution is 0.233. The first-order valence-corrected chi connectivity index (χ1v) is 3.69. The SMILES string of the molecule is C=C(C)CNC1(CO)CC1. The molecule has 0 spiro atoms. The van der Waals surface area contributed by atoms with Gasteiger partial charge in [-0.25, -0.2) is 0 Å². The van der Waals surface area contributed by atoms with Gasteiger partial charge in [-0.2, -0.15) is 0 Å². The standard InChI is InChI=1S/C8H15NO/c1-7(2)5-9-8(6-10)3-4-8/h9-10H,1,3-6H2,2H3. The van der Waals surface area contributed by atoms with Crippen molar-refractivity contribution in [1.29, 1.82) is 0 Å². The van der Waals surface area contributed by atoms with Gasteiger partial charge in [-0.3, -0.25) is 0 Å². The number of hydrogen-bond acceptors (Lipinski definition) is 2. The minimum absolute atomic E-state index is 0.0684. The van der Waals surface area contributed by atoms with Crippen molar-refractivity contribution >= 4 is 0 Å². The van der Waals surface area contributed by atoms with Gasteiger partial charge in [0.15, 0.2) is 0 Å². The van der Waals surface area contributed by atoms with E-state index in [2.05, 4.69) is 11.9 Å². The quantitative estimate of drug-likeness (QED) is 0.564. The molecule has 0 unspecified atom stereocenters. The molecule has 58 valence electrons. The fourth-order valence-corrected chi connectivity index (χ4v) is 0.880. The average molecular weight is 141 g/mol. The second kappa shape index (κ2) is 2.72. The van der Waals surface area contributed by atoms with E-state index < -0.39 is 0 Å². The van der Waals surface area contributed by atoms with Crippen LogP contribution in [0.5, 0.6) is 0 Å². The van der Waals surface area contributed by atoms with E-state index in [1.54, 1.807) is 0 Å². The molecule has 1 aliphatic rings. The van der Waals surface area contributed by atoms with Crippen molar-refractivity contribution in [2.75, 3.05) is 13.2 Å². The summed E-state index contributed by atoms with van der Waals surface area (Å²) in [7, 11) is 0. The highest BCUT2D eigenvalue weighted by Gasteiger charge is 2.41. The first-order chi connectivity index (χ1) is 4.68. The van der Waals surface area contributed by atoms with E-state index in [9.17, 15) is 0 Å². The van der Waals surface area contributed by atoms with Crippen LogP contribution >= 0.6 is 0 Å². The summed E-state index contributed by atoms with van der Waals surface area (Å²) in [5.74, 6) is 0. The van der Waals surface area contributed by atoms with Crippen LogP contribution in [0.1, 0.15) is 19.8 Å². The number of nitrogens with one attached hydrogen (secondary N) is 1. The van der Waals surface area contributed by atoms with Gasteiger partial charge in [0, 0.05) is 12.1 Å². The van der Waals surface area contributed by atoms with Crippen LogP contribution in [0.4, 0.5) is 0 Å². The number of hydrogen-bond donors (Lipinski definition) is 2. The summed E-state index contributed by atoms with van der Waals surface area (Å²) in [6, 6.07) is 0. The summed E-state index contributed by atoms with van der Waals surface area (Å²) in [5, 5.41) is 12.1. The summed E-state index contributed by atoms with van der Waals surface area (Å²) >= 11 is 0. The van der Waals surface area contributed by atoms with Crippen LogP contribution in [-0.4, -0.2) is 23.8 Å². The zero-order valence-corrected chi connectivity index (χ0v) is 6.48. The molecule has 0 aromatic rings. The fourth-order valence-electron chi connectivity index (χ4n) is 0.880. The Kier molecular flexibility index (Phi) is 2.11. The van der Waals surface area contributed by atoms with Gasteiger partial charge in [-0.15, -0.1) is 0 Å². The molecule has 1 rings (SSSR count). The van der Waals surface area contributed by atoms with Crippen LogP contribution < -0.4 is 5.32 Å². The largest absolute Gasteiger partial charge is 0.394 e. The molecule has 0 amide bonds. The maximum atomic E-state index is 8.88. The molecule has 0 bridgehead atoms. The van der Waals surface area contributed by atoms with Crippen LogP contribution in [0.15, 0.2) is 12.2 Å². The average Bonchev–Trinajstić information content (AvgIpc) is 2.64. The third-order valence-corrected chi connectivity index (χ3v) is 1.92. The third-order valence-electron chi connectivity index (χ3n) is 1.92. The monoisotopic (exact) mass is 141 g/mol. The number of rotatable bonds is 4. The van der Waals surface area contributed by atoms with Crippen molar-refractivity contribution in [2.24, 2.45) is 0 Å². The molecular weight excluding hydrogens is 126 g/mol. The number of aliphatic hydroxyl groups excluding tert-OH is 1. The van der Waals surface area contributed by atoms with E-state index >= 15 is 0 Å². The van der Waals surface area contributed by atoms with Gasteiger partial charge in [-0.1, -0.05) is 12.2 Å². The van der Waals surface area contributed by atoms with Gasteiger partial charge in [0.2, 0.25) is 0 Å². The minimum atomic E-state index is 0.0684. The van der Waals surface area contributed by atoms with Crippen LogP contribution in [-0.2, 0) is 0 Å². The molecule has 2 heteroatoms. The molecule has 0 aliphatic heterocycles. The molecule has 0 radical (unpaired) electrons. The van der Waals surface area contributed by atoms with E-state index in [-0.39, 0.29) is 12.1 Å². The summed E-state index contributed by atoms with van der Waals surface area (Å²) < 4.78 is 0. The Bertz CT molecular complexity index is 138. The smallest absolute Gasteiger partial charge is 0.0613 e. The Hall–Kier alpha value is -0.340. The normalized spacial score (nSPS) is 20.6. The Morgan fingerprint density at radius 2 is 2.30 bits per heavy atom. The Labute approximate surface area is 61.9 Å². The van der Waals surface area contributed by atoms with E-state index in [0.717, 1.165) is 25.0 Å². The van der Waals surface area contributed by atoms with Crippen molar-refractivity contribution in [2.45, 2.75) is 25.3 Å². The number of aliphatic hydroxyl groups is 1. The van der Waals surface area contributed by atoms with Gasteiger partial charge in [-0.05, 0) is 19.8 Å². The highest BCUT2D eigenvalue weighted by Crippen LogP contribution is 2.34. The topological polar surface area (TPSA) is 32.3 Å². The molecule has 0 aromatic heterocycles. The van der Waals surface area contributed by atoms with E-state index in [1.165, 1.54) is 0 Å². The molecule has 0 aromatic carbocycles. The van der Waals surface area contributed by atoms with Crippen LogP contribution in [0.3, 0.4) is 0 Å². The fraction of sp³-hybridized carbons (Fsp3) is 0.750. The molecule has 10 heavy (non-hydrogen) atoms. The molecule has 2 N–H and O–H groups in total. The van der Waals surface area contributed by atoms with Crippen LogP contribution in [0.25, 0.3) is 0 Å². The van der Waals surface area contributed by atoms with Gasteiger partial charge in [0.1, 0.15) is 0 Å². The predicted octanol–water partition coefficient (Wildman–Crippen LogP) is 0.677. The maximum absolute atomic E-state index is 8.88. The summed E-state index contributed by atoms with van der Waals surface area (Å²) in [6.07, 6.45) is 2.22. The third kappa shape index (κ3) is 1.82. The van der Waals surface area contributed by atoms with E-state index in [4.69, 9.17) is 5.11 Å². The van der Waals surface area contributed by atoms with E-state index in [0.29, 0.717) is 0 Å². The van der Waals surface area contributed by atoms with Crippen LogP contribution in [0, 0.1) is 0 Å². The highest BCUT2D eigenvalue weighted by molar-refractivity contribution is 5.05. The zero-order valence-electron chi connectivity index (χ0n) is 6.48. The summed E-state index contributed by atoms with van der Waals surface area (Å²) in [6.45, 7) is 6.86. The van der Waals surface area contributed by atoms with Crippen molar-refractivity contribution in [3.8, 4) is 0 Å². The molecule has 1 aliphatic carbocycles. The van der Waals surface area contributed by atoms with Gasteiger partial charge >= 0.3 is 0 Å². The first kappa shape index (κ1) is 7.76. The maximum Gasteiger partial charge on any atom is 0.0613 e. The van der Waals surface area contributed by atoms with Gasteiger partial charge < -0.3 is 10.4 Å². The van der Waals surface area contributed by atoms with E-state index in [1.807, 2.05) is 6.92 Å². The molecule has 2 nitrogen and oxygen atoms in total. The predicted molar refractivity (Wildman–Crippen MR) is 41.9 cm³/mol. The lowest BCUT2D eigenvalue weighted by atomic mass is 10.2. The summed E-state index contributed by atoms with van der Waals surface area (Å²) in [5.41, 5.74) is 1.19. The zero-order chi connectivity index (χ0) is 7.61. The molecule has 0 heterocycles. The Balaban J connectivity index is 2.19. The first-order valence-electron chi connectivity index (χ1n) is 3.69.